The van der Waals surface area contributed by atoms with Crippen LogP contribution in [0.3, 0.4) is 0 Å². The Bertz CT molecular complexity index is 422. The summed E-state index contributed by atoms with van der Waals surface area (Å²) in [5.74, 6) is 0. The molecule has 1 aromatic rings. The Hall–Kier alpha value is -0.900. The van der Waals surface area contributed by atoms with E-state index in [0.29, 0.717) is 6.04 Å². The van der Waals surface area contributed by atoms with Gasteiger partial charge in [-0.1, -0.05) is 23.8 Å². The van der Waals surface area contributed by atoms with E-state index in [2.05, 4.69) is 47.3 Å². The van der Waals surface area contributed by atoms with Gasteiger partial charge in [0.05, 0.1) is 0 Å². The van der Waals surface area contributed by atoms with Crippen molar-refractivity contribution in [2.45, 2.75) is 19.5 Å². The highest BCUT2D eigenvalue weighted by Gasteiger charge is 2.27. The summed E-state index contributed by atoms with van der Waals surface area (Å²) in [5.41, 5.74) is 4.41. The standard InChI is InChI=1S/C15H23N3/c1-12-3-4-14-13(9-12)10-16-11-15(14)18-7-5-17(2)6-8-18/h3-4,9,15-16H,5-8,10-11H2,1-2H3/t15-/m0/s1. The van der Waals surface area contributed by atoms with E-state index in [-0.39, 0.29) is 0 Å². The molecular weight excluding hydrogens is 222 g/mol. The van der Waals surface area contributed by atoms with Crippen molar-refractivity contribution in [3.05, 3.63) is 34.9 Å². The number of nitrogens with one attached hydrogen (secondary N) is 1. The molecule has 18 heavy (non-hydrogen) atoms. The van der Waals surface area contributed by atoms with Gasteiger partial charge >= 0.3 is 0 Å². The second kappa shape index (κ2) is 5.00. The second-order valence-corrected chi connectivity index (χ2v) is 5.69. The van der Waals surface area contributed by atoms with Gasteiger partial charge in [-0.15, -0.1) is 0 Å². The van der Waals surface area contributed by atoms with Crippen LogP contribution in [-0.4, -0.2) is 49.6 Å². The number of hydrogen-bond donors (Lipinski definition) is 1. The van der Waals surface area contributed by atoms with Crippen LogP contribution in [-0.2, 0) is 6.54 Å². The number of aryl methyl sites for hydroxylation is 1. The van der Waals surface area contributed by atoms with Crippen molar-refractivity contribution in [3.63, 3.8) is 0 Å². The fraction of sp³-hybridized carbons (Fsp3) is 0.600. The zero-order valence-electron chi connectivity index (χ0n) is 11.4. The Balaban J connectivity index is 1.82. The third kappa shape index (κ3) is 2.30. The summed E-state index contributed by atoms with van der Waals surface area (Å²) in [7, 11) is 2.22. The summed E-state index contributed by atoms with van der Waals surface area (Å²) in [6.07, 6.45) is 0. The molecule has 3 heteroatoms. The molecule has 0 amide bonds. The van der Waals surface area contributed by atoms with Crippen LogP contribution in [0.1, 0.15) is 22.7 Å². The zero-order valence-corrected chi connectivity index (χ0v) is 11.4. The summed E-state index contributed by atoms with van der Waals surface area (Å²) in [4.78, 5) is 5.06. The minimum atomic E-state index is 0.572. The van der Waals surface area contributed by atoms with Gasteiger partial charge in [-0.25, -0.2) is 0 Å². The van der Waals surface area contributed by atoms with Crippen LogP contribution in [0.5, 0.6) is 0 Å². The van der Waals surface area contributed by atoms with E-state index in [1.54, 1.807) is 5.56 Å². The first-order chi connectivity index (χ1) is 8.74. The molecule has 0 spiro atoms. The van der Waals surface area contributed by atoms with Gasteiger partial charge < -0.3 is 10.2 Å². The molecule has 1 N–H and O–H groups in total. The number of likely N-dealkylation sites (N-methyl/N-ethyl adjacent to an activating group) is 1. The summed E-state index contributed by atoms with van der Waals surface area (Å²) >= 11 is 0. The Morgan fingerprint density at radius 3 is 2.72 bits per heavy atom. The lowest BCUT2D eigenvalue weighted by Gasteiger charge is -2.40. The van der Waals surface area contributed by atoms with Gasteiger partial charge in [0.2, 0.25) is 0 Å². The molecule has 98 valence electrons. The third-order valence-corrected chi connectivity index (χ3v) is 4.29. The monoisotopic (exact) mass is 245 g/mol. The third-order valence-electron chi connectivity index (χ3n) is 4.29. The van der Waals surface area contributed by atoms with E-state index >= 15 is 0 Å². The van der Waals surface area contributed by atoms with E-state index in [1.807, 2.05) is 0 Å². The molecule has 2 aliphatic heterocycles. The minimum absolute atomic E-state index is 0.572. The summed E-state index contributed by atoms with van der Waals surface area (Å²) < 4.78 is 0. The molecule has 0 unspecified atom stereocenters. The van der Waals surface area contributed by atoms with Crippen molar-refractivity contribution in [3.8, 4) is 0 Å². The number of benzene rings is 1. The van der Waals surface area contributed by atoms with Crippen LogP contribution in [0.2, 0.25) is 0 Å². The normalized spacial score (nSPS) is 26.0. The van der Waals surface area contributed by atoms with Crippen LogP contribution < -0.4 is 5.32 Å². The van der Waals surface area contributed by atoms with E-state index in [4.69, 9.17) is 0 Å². The summed E-state index contributed by atoms with van der Waals surface area (Å²) in [5, 5.41) is 3.57. The highest BCUT2D eigenvalue weighted by Crippen LogP contribution is 2.28. The van der Waals surface area contributed by atoms with Crippen molar-refractivity contribution in [1.82, 2.24) is 15.1 Å². The molecule has 0 aromatic heterocycles. The quantitative estimate of drug-likeness (QED) is 0.806. The largest absolute Gasteiger partial charge is 0.311 e. The highest BCUT2D eigenvalue weighted by molar-refractivity contribution is 5.35. The number of fused-ring (bicyclic) bond motifs is 1. The fourth-order valence-corrected chi connectivity index (χ4v) is 3.13. The number of nitrogens with zero attached hydrogens (tertiary/aromatic N) is 2. The molecule has 1 atom stereocenters. The van der Waals surface area contributed by atoms with Gasteiger partial charge in [-0.2, -0.15) is 0 Å². The SMILES string of the molecule is Cc1ccc2c(c1)CNC[C@@H]2N1CCN(C)CC1. The maximum atomic E-state index is 3.57. The van der Waals surface area contributed by atoms with Crippen molar-refractivity contribution in [2.75, 3.05) is 39.8 Å². The first-order valence-electron chi connectivity index (χ1n) is 6.97. The first kappa shape index (κ1) is 12.2. The van der Waals surface area contributed by atoms with Crippen LogP contribution in [0.15, 0.2) is 18.2 Å². The Labute approximate surface area is 110 Å². The van der Waals surface area contributed by atoms with Crippen molar-refractivity contribution < 1.29 is 0 Å². The lowest BCUT2D eigenvalue weighted by Crippen LogP contribution is -2.49. The molecule has 0 bridgehead atoms. The van der Waals surface area contributed by atoms with E-state index in [1.165, 1.54) is 37.3 Å². The molecule has 0 saturated carbocycles. The molecule has 2 heterocycles. The molecule has 3 nitrogen and oxygen atoms in total. The minimum Gasteiger partial charge on any atom is -0.311 e. The van der Waals surface area contributed by atoms with Gasteiger partial charge in [0.25, 0.3) is 0 Å². The molecule has 2 aliphatic rings. The molecular formula is C15H23N3. The van der Waals surface area contributed by atoms with Crippen molar-refractivity contribution >= 4 is 0 Å². The average molecular weight is 245 g/mol. The van der Waals surface area contributed by atoms with Gasteiger partial charge in [0, 0.05) is 45.3 Å². The molecule has 3 rings (SSSR count). The predicted molar refractivity (Wildman–Crippen MR) is 74.7 cm³/mol. The van der Waals surface area contributed by atoms with E-state index in [9.17, 15) is 0 Å². The topological polar surface area (TPSA) is 18.5 Å². The Kier molecular flexibility index (Phi) is 3.37. The number of piperazine rings is 1. The highest BCUT2D eigenvalue weighted by atomic mass is 15.3. The van der Waals surface area contributed by atoms with E-state index < -0.39 is 0 Å². The summed E-state index contributed by atoms with van der Waals surface area (Å²) in [6, 6.07) is 7.51. The van der Waals surface area contributed by atoms with Gasteiger partial charge in [-0.05, 0) is 25.1 Å². The van der Waals surface area contributed by atoms with Crippen molar-refractivity contribution in [2.24, 2.45) is 0 Å². The van der Waals surface area contributed by atoms with Crippen LogP contribution >= 0.6 is 0 Å². The maximum absolute atomic E-state index is 3.57. The number of rotatable bonds is 1. The molecule has 0 aliphatic carbocycles. The maximum Gasteiger partial charge on any atom is 0.0477 e. The first-order valence-corrected chi connectivity index (χ1v) is 6.97. The van der Waals surface area contributed by atoms with Gasteiger partial charge in [-0.3, -0.25) is 4.90 Å². The smallest absolute Gasteiger partial charge is 0.0477 e. The Morgan fingerprint density at radius 1 is 1.17 bits per heavy atom. The van der Waals surface area contributed by atoms with Crippen molar-refractivity contribution in [1.29, 1.82) is 0 Å². The fourth-order valence-electron chi connectivity index (χ4n) is 3.13. The zero-order chi connectivity index (χ0) is 12.5. The van der Waals surface area contributed by atoms with Gasteiger partial charge in [0.15, 0.2) is 0 Å². The molecule has 1 saturated heterocycles. The molecule has 1 aromatic carbocycles. The van der Waals surface area contributed by atoms with Gasteiger partial charge in [0.1, 0.15) is 0 Å². The lowest BCUT2D eigenvalue weighted by atomic mass is 9.93. The predicted octanol–water partition coefficient (Wildman–Crippen LogP) is 1.39. The van der Waals surface area contributed by atoms with Crippen LogP contribution in [0.25, 0.3) is 0 Å². The van der Waals surface area contributed by atoms with Crippen LogP contribution in [0.4, 0.5) is 0 Å². The van der Waals surface area contributed by atoms with E-state index in [0.717, 1.165) is 13.1 Å². The average Bonchev–Trinajstić information content (AvgIpc) is 2.38. The second-order valence-electron chi connectivity index (χ2n) is 5.69. The molecule has 0 radical (unpaired) electrons. The van der Waals surface area contributed by atoms with Crippen LogP contribution in [0, 0.1) is 6.92 Å². The summed E-state index contributed by atoms with van der Waals surface area (Å²) in [6.45, 7) is 9.07. The lowest BCUT2D eigenvalue weighted by molar-refractivity contribution is 0.106. The number of hydrogen-bond acceptors (Lipinski definition) is 3. The molecule has 1 fully saturated rings. The Morgan fingerprint density at radius 2 is 1.94 bits per heavy atom.